The Hall–Kier alpha value is -4.07. The maximum atomic E-state index is 13.1. The summed E-state index contributed by atoms with van der Waals surface area (Å²) in [6.45, 7) is 0. The Morgan fingerprint density at radius 2 is 1.75 bits per heavy atom. The van der Waals surface area contributed by atoms with Crippen LogP contribution in [0.4, 0.5) is 13.2 Å². The number of fused-ring (bicyclic) bond motifs is 1. The summed E-state index contributed by atoms with van der Waals surface area (Å²) in [5.41, 5.74) is 1.27. The minimum Gasteiger partial charge on any atom is -0.497 e. The third kappa shape index (κ3) is 4.64. The van der Waals surface area contributed by atoms with Crippen LogP contribution in [0.3, 0.4) is 0 Å². The Kier molecular flexibility index (Phi) is 5.68. The van der Waals surface area contributed by atoms with Crippen molar-refractivity contribution in [2.24, 2.45) is 0 Å². The fraction of sp³-hybridized carbons (Fsp3) is 0.0833. The number of amides is 1. The first-order chi connectivity index (χ1) is 15.3. The van der Waals surface area contributed by atoms with Crippen molar-refractivity contribution in [3.05, 3.63) is 95.3 Å². The van der Waals surface area contributed by atoms with Gasteiger partial charge in [-0.05, 0) is 54.1 Å². The van der Waals surface area contributed by atoms with Crippen molar-refractivity contribution < 1.29 is 22.7 Å². The van der Waals surface area contributed by atoms with Crippen LogP contribution >= 0.6 is 0 Å². The maximum Gasteiger partial charge on any atom is 0.416 e. The largest absolute Gasteiger partial charge is 0.497 e. The van der Waals surface area contributed by atoms with E-state index in [1.165, 1.54) is 6.07 Å². The number of ether oxygens (including phenoxy) is 1. The molecule has 1 amide bonds. The number of hydrogen-bond donors (Lipinski definition) is 2. The smallest absolute Gasteiger partial charge is 0.416 e. The van der Waals surface area contributed by atoms with Gasteiger partial charge in [-0.2, -0.15) is 13.2 Å². The zero-order valence-corrected chi connectivity index (χ0v) is 16.9. The predicted octanol–water partition coefficient (Wildman–Crippen LogP) is 5.52. The molecule has 5 nitrogen and oxygen atoms in total. The van der Waals surface area contributed by atoms with Crippen molar-refractivity contribution in [3.8, 4) is 5.75 Å². The van der Waals surface area contributed by atoms with Gasteiger partial charge in [0.25, 0.3) is 5.91 Å². The first kappa shape index (κ1) is 21.2. The molecule has 0 saturated heterocycles. The summed E-state index contributed by atoms with van der Waals surface area (Å²) in [5.74, 6) is 0.529. The number of halogens is 3. The monoisotopic (exact) mass is 437 g/mol. The molecule has 32 heavy (non-hydrogen) atoms. The normalized spacial score (nSPS) is 12.1. The van der Waals surface area contributed by atoms with Gasteiger partial charge in [-0.25, -0.2) is 4.98 Å². The summed E-state index contributed by atoms with van der Waals surface area (Å²) in [6.07, 6.45) is -2.79. The fourth-order valence-electron chi connectivity index (χ4n) is 3.13. The molecular formula is C24H18F3N3O2. The molecule has 0 spiro atoms. The number of imidazole rings is 1. The number of alkyl halides is 3. The Morgan fingerprint density at radius 1 is 1.03 bits per heavy atom. The molecule has 162 valence electrons. The van der Waals surface area contributed by atoms with Gasteiger partial charge in [-0.15, -0.1) is 0 Å². The van der Waals surface area contributed by atoms with Crippen LogP contribution in [0.15, 0.2) is 72.8 Å². The van der Waals surface area contributed by atoms with Gasteiger partial charge in [0.1, 0.15) is 5.75 Å². The third-order valence-corrected chi connectivity index (χ3v) is 4.78. The molecule has 0 unspecified atom stereocenters. The molecule has 0 aliphatic rings. The van der Waals surface area contributed by atoms with E-state index in [4.69, 9.17) is 4.74 Å². The van der Waals surface area contributed by atoms with Crippen LogP contribution in [0.2, 0.25) is 0 Å². The quantitative estimate of drug-likeness (QED) is 0.432. The third-order valence-electron chi connectivity index (χ3n) is 4.78. The van der Waals surface area contributed by atoms with Gasteiger partial charge in [0, 0.05) is 5.56 Å². The number of carbonyl (C=O) groups excluding carboxylic acids is 1. The fourth-order valence-corrected chi connectivity index (χ4v) is 3.13. The highest BCUT2D eigenvalue weighted by Crippen LogP contribution is 2.31. The molecule has 1 heterocycles. The highest BCUT2D eigenvalue weighted by Gasteiger charge is 2.30. The second-order valence-electron chi connectivity index (χ2n) is 6.97. The van der Waals surface area contributed by atoms with Gasteiger partial charge in [-0.1, -0.05) is 30.3 Å². The van der Waals surface area contributed by atoms with Gasteiger partial charge in [0.15, 0.2) is 5.82 Å². The highest BCUT2D eigenvalue weighted by molar-refractivity contribution is 6.01. The maximum absolute atomic E-state index is 13.1. The number of rotatable bonds is 5. The molecule has 4 aromatic rings. The molecule has 0 aliphatic carbocycles. The second-order valence-corrected chi connectivity index (χ2v) is 6.97. The predicted molar refractivity (Wildman–Crippen MR) is 116 cm³/mol. The second kappa shape index (κ2) is 8.58. The lowest BCUT2D eigenvalue weighted by molar-refractivity contribution is -0.137. The average Bonchev–Trinajstić information content (AvgIpc) is 3.22. The summed E-state index contributed by atoms with van der Waals surface area (Å²) in [5, 5.41) is 2.81. The number of H-pyrrole nitrogens is 1. The number of nitrogens with zero attached hydrogens (tertiary/aromatic N) is 1. The molecule has 0 saturated carbocycles. The summed E-state index contributed by atoms with van der Waals surface area (Å²) >= 11 is 0. The van der Waals surface area contributed by atoms with Crippen LogP contribution in [-0.2, 0) is 6.18 Å². The Bertz CT molecular complexity index is 1280. The average molecular weight is 437 g/mol. The molecule has 1 aromatic heterocycles. The van der Waals surface area contributed by atoms with E-state index < -0.39 is 11.7 Å². The SMILES string of the molecule is COc1ccc(/C=C(\NC(=O)c2ccccc2)c2nc3ccc(C(F)(F)F)cc3[nH]2)cc1. The van der Waals surface area contributed by atoms with E-state index in [1.807, 2.05) is 0 Å². The van der Waals surface area contributed by atoms with Gasteiger partial charge in [0.05, 0.1) is 29.4 Å². The van der Waals surface area contributed by atoms with Crippen molar-refractivity contribution >= 4 is 28.7 Å². The lowest BCUT2D eigenvalue weighted by atomic mass is 10.1. The Labute approximate surface area is 181 Å². The molecule has 0 atom stereocenters. The molecule has 8 heteroatoms. The minimum absolute atomic E-state index is 0.212. The Balaban J connectivity index is 1.75. The van der Waals surface area contributed by atoms with Crippen molar-refractivity contribution in [1.29, 1.82) is 0 Å². The highest BCUT2D eigenvalue weighted by atomic mass is 19.4. The molecular weight excluding hydrogens is 419 g/mol. The molecule has 3 aromatic carbocycles. The van der Waals surface area contributed by atoms with Crippen molar-refractivity contribution in [2.45, 2.75) is 6.18 Å². The molecule has 0 radical (unpaired) electrons. The van der Waals surface area contributed by atoms with E-state index in [2.05, 4.69) is 15.3 Å². The number of aromatic nitrogens is 2. The topological polar surface area (TPSA) is 67.0 Å². The number of benzene rings is 3. The van der Waals surface area contributed by atoms with E-state index in [0.29, 0.717) is 22.5 Å². The van der Waals surface area contributed by atoms with Crippen LogP contribution in [0.1, 0.15) is 27.3 Å². The Morgan fingerprint density at radius 3 is 2.41 bits per heavy atom. The molecule has 0 aliphatic heterocycles. The van der Waals surface area contributed by atoms with E-state index in [0.717, 1.165) is 17.7 Å². The van der Waals surface area contributed by atoms with Gasteiger partial charge < -0.3 is 15.0 Å². The van der Waals surface area contributed by atoms with E-state index >= 15 is 0 Å². The number of hydrogen-bond acceptors (Lipinski definition) is 3. The van der Waals surface area contributed by atoms with Crippen LogP contribution in [0, 0.1) is 0 Å². The zero-order chi connectivity index (χ0) is 22.7. The van der Waals surface area contributed by atoms with Gasteiger partial charge in [0.2, 0.25) is 0 Å². The van der Waals surface area contributed by atoms with Crippen LogP contribution < -0.4 is 10.1 Å². The van der Waals surface area contributed by atoms with Crippen LogP contribution in [0.25, 0.3) is 22.8 Å². The molecule has 2 N–H and O–H groups in total. The zero-order valence-electron chi connectivity index (χ0n) is 16.9. The van der Waals surface area contributed by atoms with Gasteiger partial charge in [-0.3, -0.25) is 4.79 Å². The number of carbonyl (C=O) groups is 1. The van der Waals surface area contributed by atoms with E-state index in [9.17, 15) is 18.0 Å². The van der Waals surface area contributed by atoms with Crippen LogP contribution in [-0.4, -0.2) is 23.0 Å². The first-order valence-corrected chi connectivity index (χ1v) is 9.63. The number of nitrogens with one attached hydrogen (secondary N) is 2. The summed E-state index contributed by atoms with van der Waals surface area (Å²) in [4.78, 5) is 20.0. The van der Waals surface area contributed by atoms with Crippen molar-refractivity contribution in [1.82, 2.24) is 15.3 Å². The number of methoxy groups -OCH3 is 1. The van der Waals surface area contributed by atoms with Crippen molar-refractivity contribution in [3.63, 3.8) is 0 Å². The lowest BCUT2D eigenvalue weighted by Crippen LogP contribution is -2.22. The summed E-state index contributed by atoms with van der Waals surface area (Å²) in [6, 6.07) is 19.0. The lowest BCUT2D eigenvalue weighted by Gasteiger charge is -2.09. The summed E-state index contributed by atoms with van der Waals surface area (Å²) < 4.78 is 44.4. The van der Waals surface area contributed by atoms with Crippen molar-refractivity contribution in [2.75, 3.05) is 7.11 Å². The van der Waals surface area contributed by atoms with Gasteiger partial charge >= 0.3 is 6.18 Å². The summed E-state index contributed by atoms with van der Waals surface area (Å²) in [7, 11) is 1.56. The van der Waals surface area contributed by atoms with E-state index in [1.54, 1.807) is 67.8 Å². The van der Waals surface area contributed by atoms with E-state index in [-0.39, 0.29) is 17.2 Å². The van der Waals surface area contributed by atoms with Crippen LogP contribution in [0.5, 0.6) is 5.75 Å². The standard InChI is InChI=1S/C24H18F3N3O2/c1-32-18-10-7-15(8-11-18)13-21(30-23(31)16-5-3-2-4-6-16)22-28-19-12-9-17(24(25,26)27)14-20(19)29-22/h2-14H,1H3,(H,28,29)(H,30,31)/b21-13-. The molecule has 0 bridgehead atoms. The molecule has 4 rings (SSSR count). The minimum atomic E-state index is -4.47. The molecule has 0 fully saturated rings. The number of aromatic amines is 1. The first-order valence-electron chi connectivity index (χ1n) is 9.63.